The molecule has 57 heavy (non-hydrogen) atoms. The second-order valence-corrected chi connectivity index (χ2v) is 16.8. The smallest absolute Gasteiger partial charge is 0.0628 e. The van der Waals surface area contributed by atoms with Gasteiger partial charge in [0.1, 0.15) is 0 Å². The van der Waals surface area contributed by atoms with Gasteiger partial charge in [0, 0.05) is 38.9 Å². The molecule has 2 heterocycles. The van der Waals surface area contributed by atoms with Crippen LogP contribution in [0.1, 0.15) is 42.5 Å². The molecule has 0 saturated carbocycles. The Morgan fingerprint density at radius 1 is 0.632 bits per heavy atom. The summed E-state index contributed by atoms with van der Waals surface area (Å²) in [6, 6.07) is 48.6. The summed E-state index contributed by atoms with van der Waals surface area (Å²) in [6.07, 6.45) is 22.8. The minimum atomic E-state index is -0.0726. The summed E-state index contributed by atoms with van der Waals surface area (Å²) in [5, 5.41) is 7.74. The van der Waals surface area contributed by atoms with Crippen molar-refractivity contribution in [3.63, 3.8) is 0 Å². The summed E-state index contributed by atoms with van der Waals surface area (Å²) in [7, 11) is 0. The molecule has 272 valence electrons. The van der Waals surface area contributed by atoms with Crippen molar-refractivity contribution in [3.05, 3.63) is 204 Å². The minimum Gasteiger partial charge on any atom is -0.333 e. The van der Waals surface area contributed by atoms with E-state index < -0.39 is 0 Å². The van der Waals surface area contributed by atoms with Crippen LogP contribution in [0.15, 0.2) is 182 Å². The van der Waals surface area contributed by atoms with E-state index >= 15 is 0 Å². The fraction of sp³-hybridized carbons (Fsp3) is 0.127. The van der Waals surface area contributed by atoms with Gasteiger partial charge in [-0.2, -0.15) is 0 Å². The number of hydrogen-bond acceptors (Lipinski definition) is 1. The molecule has 1 aliphatic heterocycles. The Labute approximate surface area is 333 Å². The van der Waals surface area contributed by atoms with Gasteiger partial charge < -0.3 is 9.47 Å². The number of anilines is 2. The van der Waals surface area contributed by atoms with Crippen molar-refractivity contribution >= 4 is 60.8 Å². The molecule has 7 aromatic carbocycles. The van der Waals surface area contributed by atoms with Gasteiger partial charge in [-0.15, -0.1) is 0 Å². The van der Waals surface area contributed by atoms with Crippen LogP contribution >= 0.6 is 0 Å². The number of aryl methyl sites for hydroxylation is 1. The van der Waals surface area contributed by atoms with Gasteiger partial charge in [0.05, 0.1) is 22.8 Å². The van der Waals surface area contributed by atoms with Crippen molar-refractivity contribution < 1.29 is 0 Å². The number of rotatable bonds is 4. The molecule has 0 radical (unpaired) electrons. The zero-order valence-electron chi connectivity index (χ0n) is 32.3. The lowest BCUT2D eigenvalue weighted by Crippen LogP contribution is -2.37. The average molecular weight is 731 g/mol. The van der Waals surface area contributed by atoms with Crippen LogP contribution in [0, 0.1) is 5.92 Å². The van der Waals surface area contributed by atoms with E-state index in [1.807, 2.05) is 0 Å². The molecule has 0 fully saturated rings. The van der Waals surface area contributed by atoms with Crippen LogP contribution in [-0.2, 0) is 11.8 Å². The number of aromatic nitrogens is 1. The molecule has 1 aromatic heterocycles. The third-order valence-electron chi connectivity index (χ3n) is 13.4. The molecule has 8 aromatic rings. The second-order valence-electron chi connectivity index (χ2n) is 16.8. The van der Waals surface area contributed by atoms with Crippen LogP contribution < -0.4 is 4.90 Å². The molecule has 2 atom stereocenters. The van der Waals surface area contributed by atoms with Gasteiger partial charge >= 0.3 is 0 Å². The molecule has 2 nitrogen and oxygen atoms in total. The largest absolute Gasteiger partial charge is 0.333 e. The van der Waals surface area contributed by atoms with Crippen LogP contribution in [0.3, 0.4) is 0 Å². The molecule has 12 rings (SSSR count). The summed E-state index contributed by atoms with van der Waals surface area (Å²) < 4.78 is 2.50. The lowest BCUT2D eigenvalue weighted by molar-refractivity contribution is 0.630. The van der Waals surface area contributed by atoms with Crippen LogP contribution in [-0.4, -0.2) is 10.6 Å². The minimum absolute atomic E-state index is 0.0726. The quantitative estimate of drug-likeness (QED) is 0.175. The van der Waals surface area contributed by atoms with Gasteiger partial charge in [0.2, 0.25) is 0 Å². The molecule has 0 N–H and O–H groups in total. The summed E-state index contributed by atoms with van der Waals surface area (Å²) in [4.78, 5) is 2.62. The van der Waals surface area contributed by atoms with E-state index in [4.69, 9.17) is 0 Å². The van der Waals surface area contributed by atoms with Crippen LogP contribution in [0.2, 0.25) is 0 Å². The predicted octanol–water partition coefficient (Wildman–Crippen LogP) is 14.1. The number of para-hydroxylation sites is 2. The Balaban J connectivity index is 0.994. The SMILES string of the molecule is CC1(C)c2ccccc2-n2c3ccc(-c4ccc5cc(N(c6cc7c(c8ccccc68)C=CCC7)C6C=CC=C7C=CC=CC76)ccc5c4)cc3c3cccc1c32. The van der Waals surface area contributed by atoms with E-state index in [9.17, 15) is 0 Å². The van der Waals surface area contributed by atoms with Crippen molar-refractivity contribution in [1.82, 2.24) is 4.57 Å². The second kappa shape index (κ2) is 12.2. The van der Waals surface area contributed by atoms with Crippen molar-refractivity contribution in [3.8, 4) is 16.8 Å². The van der Waals surface area contributed by atoms with Gasteiger partial charge in [-0.3, -0.25) is 0 Å². The summed E-state index contributed by atoms with van der Waals surface area (Å²) in [6.45, 7) is 4.73. The molecule has 0 saturated heterocycles. The Kier molecular flexibility index (Phi) is 6.96. The Bertz CT molecular complexity index is 3180. The zero-order valence-corrected chi connectivity index (χ0v) is 32.3. The number of nitrogens with zero attached hydrogens (tertiary/aromatic N) is 2. The first kappa shape index (κ1) is 32.6. The Hall–Kier alpha value is -6.64. The molecule has 4 aliphatic rings. The fourth-order valence-electron chi connectivity index (χ4n) is 10.6. The Morgan fingerprint density at radius 3 is 2.37 bits per heavy atom. The molecule has 2 unspecified atom stereocenters. The highest BCUT2D eigenvalue weighted by atomic mass is 15.2. The molecular formula is C55H42N2. The standard InChI is InChI=1S/C55H42N2/c1-55(2)48-21-9-10-23-52(48)57-51-30-28-39(33-47(51)46-20-12-22-49(55)54(46)57)36-25-26-38-32-41(29-27-37(38)31-36)56(50-24-11-15-35-13-3-6-17-43(35)50)53-34-40-14-4-5-16-42(40)44-18-7-8-19-45(44)53/h3,5-13,15-34,43,50H,4,14H2,1-2H3. The van der Waals surface area contributed by atoms with E-state index in [2.05, 4.69) is 205 Å². The molecule has 0 bridgehead atoms. The first-order chi connectivity index (χ1) is 28.0. The summed E-state index contributed by atoms with van der Waals surface area (Å²) >= 11 is 0. The summed E-state index contributed by atoms with van der Waals surface area (Å²) in [5.41, 5.74) is 15.7. The molecule has 2 heteroatoms. The maximum Gasteiger partial charge on any atom is 0.0628 e. The van der Waals surface area contributed by atoms with E-state index in [1.165, 1.54) is 99.4 Å². The van der Waals surface area contributed by atoms with Crippen LogP contribution in [0.5, 0.6) is 0 Å². The van der Waals surface area contributed by atoms with Crippen LogP contribution in [0.25, 0.3) is 66.2 Å². The lowest BCUT2D eigenvalue weighted by Gasteiger charge is -2.40. The van der Waals surface area contributed by atoms with E-state index in [-0.39, 0.29) is 17.4 Å². The van der Waals surface area contributed by atoms with E-state index in [0.717, 1.165) is 12.8 Å². The number of allylic oxidation sites excluding steroid dienone is 6. The van der Waals surface area contributed by atoms with Gasteiger partial charge in [-0.1, -0.05) is 153 Å². The monoisotopic (exact) mass is 730 g/mol. The van der Waals surface area contributed by atoms with Gasteiger partial charge in [-0.25, -0.2) is 0 Å². The predicted molar refractivity (Wildman–Crippen MR) is 242 cm³/mol. The topological polar surface area (TPSA) is 8.17 Å². The highest BCUT2D eigenvalue weighted by Crippen LogP contribution is 2.48. The normalized spacial score (nSPS) is 18.5. The van der Waals surface area contributed by atoms with Crippen LogP contribution in [0.4, 0.5) is 11.4 Å². The molecule has 0 spiro atoms. The summed E-state index contributed by atoms with van der Waals surface area (Å²) in [5.74, 6) is 0.258. The fourth-order valence-corrected chi connectivity index (χ4v) is 10.6. The number of hydrogen-bond donors (Lipinski definition) is 0. The lowest BCUT2D eigenvalue weighted by atomic mass is 9.75. The zero-order chi connectivity index (χ0) is 37.8. The third kappa shape index (κ3) is 4.77. The third-order valence-corrected chi connectivity index (χ3v) is 13.4. The number of fused-ring (bicyclic) bond motifs is 10. The maximum atomic E-state index is 2.62. The van der Waals surface area contributed by atoms with Crippen molar-refractivity contribution in [2.45, 2.75) is 38.1 Å². The molecule has 0 amide bonds. The van der Waals surface area contributed by atoms with E-state index in [0.29, 0.717) is 0 Å². The first-order valence-corrected chi connectivity index (χ1v) is 20.5. The van der Waals surface area contributed by atoms with Crippen molar-refractivity contribution in [2.24, 2.45) is 5.92 Å². The maximum absolute atomic E-state index is 2.62. The Morgan fingerprint density at radius 2 is 1.42 bits per heavy atom. The number of benzene rings is 7. The van der Waals surface area contributed by atoms with Gasteiger partial charge in [-0.05, 0) is 110 Å². The van der Waals surface area contributed by atoms with Gasteiger partial charge in [0.15, 0.2) is 0 Å². The van der Waals surface area contributed by atoms with Crippen molar-refractivity contribution in [1.29, 1.82) is 0 Å². The highest BCUT2D eigenvalue weighted by Gasteiger charge is 2.35. The first-order valence-electron chi connectivity index (χ1n) is 20.5. The van der Waals surface area contributed by atoms with Crippen molar-refractivity contribution in [2.75, 3.05) is 4.90 Å². The van der Waals surface area contributed by atoms with Gasteiger partial charge in [0.25, 0.3) is 0 Å². The average Bonchev–Trinajstić information content (AvgIpc) is 3.60. The van der Waals surface area contributed by atoms with E-state index in [1.54, 1.807) is 0 Å². The molecule has 3 aliphatic carbocycles. The molecular weight excluding hydrogens is 689 g/mol. The highest BCUT2D eigenvalue weighted by molar-refractivity contribution is 6.13.